The Hall–Kier alpha value is -0.870. The zero-order valence-electron chi connectivity index (χ0n) is 11.9. The highest BCUT2D eigenvalue weighted by molar-refractivity contribution is 7.10. The minimum absolute atomic E-state index is 0.161. The SMILES string of the molecule is CC(C)N1CCC(CNC(=O)Cc2cccs2)CC1. The van der Waals surface area contributed by atoms with Crippen molar-refractivity contribution < 1.29 is 4.79 Å². The Morgan fingerprint density at radius 1 is 1.47 bits per heavy atom. The van der Waals surface area contributed by atoms with Crippen LogP contribution in [0.15, 0.2) is 17.5 Å². The molecule has 0 saturated carbocycles. The van der Waals surface area contributed by atoms with E-state index in [1.54, 1.807) is 11.3 Å². The van der Waals surface area contributed by atoms with Crippen LogP contribution in [0.25, 0.3) is 0 Å². The van der Waals surface area contributed by atoms with E-state index in [1.165, 1.54) is 25.9 Å². The van der Waals surface area contributed by atoms with E-state index in [0.717, 1.165) is 11.4 Å². The maximum absolute atomic E-state index is 11.8. The minimum Gasteiger partial charge on any atom is -0.356 e. The lowest BCUT2D eigenvalue weighted by Gasteiger charge is -2.34. The van der Waals surface area contributed by atoms with E-state index in [1.807, 2.05) is 17.5 Å². The van der Waals surface area contributed by atoms with Crippen LogP contribution in [0.5, 0.6) is 0 Å². The molecule has 0 atom stereocenters. The van der Waals surface area contributed by atoms with Gasteiger partial charge in [-0.15, -0.1) is 11.3 Å². The second-order valence-corrected chi connectivity index (χ2v) is 6.67. The number of nitrogens with one attached hydrogen (secondary N) is 1. The van der Waals surface area contributed by atoms with Crippen molar-refractivity contribution in [1.29, 1.82) is 0 Å². The molecule has 0 radical (unpaired) electrons. The Bertz CT molecular complexity index is 381. The highest BCUT2D eigenvalue weighted by Gasteiger charge is 2.21. The first-order valence-corrected chi connectivity index (χ1v) is 8.06. The van der Waals surface area contributed by atoms with Gasteiger partial charge in [0.25, 0.3) is 0 Å². The van der Waals surface area contributed by atoms with Crippen LogP contribution >= 0.6 is 11.3 Å². The van der Waals surface area contributed by atoms with Gasteiger partial charge in [0.1, 0.15) is 0 Å². The van der Waals surface area contributed by atoms with Gasteiger partial charge < -0.3 is 10.2 Å². The number of piperidine rings is 1. The molecular weight excluding hydrogens is 256 g/mol. The van der Waals surface area contributed by atoms with Gasteiger partial charge in [0, 0.05) is 17.5 Å². The monoisotopic (exact) mass is 280 g/mol. The van der Waals surface area contributed by atoms with E-state index in [0.29, 0.717) is 18.4 Å². The molecule has 0 spiro atoms. The van der Waals surface area contributed by atoms with Gasteiger partial charge in [-0.05, 0) is 57.1 Å². The molecule has 4 heteroatoms. The first kappa shape index (κ1) is 14.5. The van der Waals surface area contributed by atoms with Crippen molar-refractivity contribution in [2.75, 3.05) is 19.6 Å². The van der Waals surface area contributed by atoms with Crippen molar-refractivity contribution in [3.05, 3.63) is 22.4 Å². The molecule has 1 aromatic rings. The number of rotatable bonds is 5. The average molecular weight is 280 g/mol. The van der Waals surface area contributed by atoms with Crippen LogP contribution in [0, 0.1) is 5.92 Å². The Morgan fingerprint density at radius 2 is 2.21 bits per heavy atom. The van der Waals surface area contributed by atoms with Gasteiger partial charge in [-0.25, -0.2) is 0 Å². The Kier molecular flexibility index (Phi) is 5.40. The maximum atomic E-state index is 11.8. The van der Waals surface area contributed by atoms with E-state index in [2.05, 4.69) is 24.1 Å². The van der Waals surface area contributed by atoms with E-state index >= 15 is 0 Å². The van der Waals surface area contributed by atoms with Crippen molar-refractivity contribution in [3.63, 3.8) is 0 Å². The molecule has 2 heterocycles. The number of thiophene rings is 1. The third-order valence-electron chi connectivity index (χ3n) is 3.88. The minimum atomic E-state index is 0.161. The number of amides is 1. The summed E-state index contributed by atoms with van der Waals surface area (Å²) in [7, 11) is 0. The summed E-state index contributed by atoms with van der Waals surface area (Å²) >= 11 is 1.65. The van der Waals surface area contributed by atoms with E-state index in [9.17, 15) is 4.79 Å². The van der Waals surface area contributed by atoms with Crippen LogP contribution in [0.4, 0.5) is 0 Å². The molecule has 1 amide bonds. The molecule has 19 heavy (non-hydrogen) atoms. The first-order chi connectivity index (χ1) is 9.15. The topological polar surface area (TPSA) is 32.3 Å². The second kappa shape index (κ2) is 7.06. The summed E-state index contributed by atoms with van der Waals surface area (Å²) < 4.78 is 0. The normalized spacial score (nSPS) is 17.8. The lowest BCUT2D eigenvalue weighted by atomic mass is 9.96. The maximum Gasteiger partial charge on any atom is 0.225 e. The van der Waals surface area contributed by atoms with Crippen molar-refractivity contribution in [1.82, 2.24) is 10.2 Å². The Balaban J connectivity index is 1.65. The van der Waals surface area contributed by atoms with Gasteiger partial charge in [0.15, 0.2) is 0 Å². The fraction of sp³-hybridized carbons (Fsp3) is 0.667. The van der Waals surface area contributed by atoms with E-state index < -0.39 is 0 Å². The molecular formula is C15H24N2OS. The third-order valence-corrected chi connectivity index (χ3v) is 4.76. The summed E-state index contributed by atoms with van der Waals surface area (Å²) in [6.45, 7) is 7.69. The summed E-state index contributed by atoms with van der Waals surface area (Å²) in [6, 6.07) is 4.66. The Labute approximate surface area is 120 Å². The predicted molar refractivity (Wildman–Crippen MR) is 80.5 cm³/mol. The van der Waals surface area contributed by atoms with Crippen molar-refractivity contribution in [3.8, 4) is 0 Å². The molecule has 1 aliphatic heterocycles. The summed E-state index contributed by atoms with van der Waals surface area (Å²) in [5.74, 6) is 0.816. The number of hydrogen-bond donors (Lipinski definition) is 1. The Morgan fingerprint density at radius 3 is 2.79 bits per heavy atom. The van der Waals surface area contributed by atoms with E-state index in [-0.39, 0.29) is 5.91 Å². The fourth-order valence-corrected chi connectivity index (χ4v) is 3.27. The van der Waals surface area contributed by atoms with Crippen molar-refractivity contribution >= 4 is 17.2 Å². The molecule has 1 saturated heterocycles. The number of hydrogen-bond acceptors (Lipinski definition) is 3. The molecule has 0 aliphatic carbocycles. The van der Waals surface area contributed by atoms with Crippen LogP contribution in [0.3, 0.4) is 0 Å². The zero-order chi connectivity index (χ0) is 13.7. The number of carbonyl (C=O) groups excluding carboxylic acids is 1. The largest absolute Gasteiger partial charge is 0.356 e. The van der Waals surface area contributed by atoms with Gasteiger partial charge >= 0.3 is 0 Å². The lowest BCUT2D eigenvalue weighted by molar-refractivity contribution is -0.120. The number of nitrogens with zero attached hydrogens (tertiary/aromatic N) is 1. The summed E-state index contributed by atoms with van der Waals surface area (Å²) in [6.07, 6.45) is 2.94. The molecule has 106 valence electrons. The predicted octanol–water partition coefficient (Wildman–Crippen LogP) is 2.53. The third kappa shape index (κ3) is 4.62. The van der Waals surface area contributed by atoms with Gasteiger partial charge in [-0.1, -0.05) is 6.07 Å². The quantitative estimate of drug-likeness (QED) is 0.899. The second-order valence-electron chi connectivity index (χ2n) is 5.63. The van der Waals surface area contributed by atoms with Gasteiger partial charge in [-0.2, -0.15) is 0 Å². The number of likely N-dealkylation sites (tertiary alicyclic amines) is 1. The number of carbonyl (C=O) groups is 1. The molecule has 0 aromatic carbocycles. The molecule has 1 N–H and O–H groups in total. The average Bonchev–Trinajstić information content (AvgIpc) is 2.89. The molecule has 1 fully saturated rings. The van der Waals surface area contributed by atoms with Crippen LogP contribution in [-0.2, 0) is 11.2 Å². The van der Waals surface area contributed by atoms with Crippen LogP contribution in [-0.4, -0.2) is 36.5 Å². The highest BCUT2D eigenvalue weighted by Crippen LogP contribution is 2.18. The summed E-state index contributed by atoms with van der Waals surface area (Å²) in [5.41, 5.74) is 0. The van der Waals surface area contributed by atoms with Gasteiger partial charge in [-0.3, -0.25) is 4.79 Å². The zero-order valence-corrected chi connectivity index (χ0v) is 12.7. The molecule has 0 unspecified atom stereocenters. The van der Waals surface area contributed by atoms with Crippen LogP contribution in [0.1, 0.15) is 31.6 Å². The fourth-order valence-electron chi connectivity index (χ4n) is 2.57. The molecule has 0 bridgehead atoms. The molecule has 2 rings (SSSR count). The molecule has 3 nitrogen and oxygen atoms in total. The van der Waals surface area contributed by atoms with E-state index in [4.69, 9.17) is 0 Å². The summed E-state index contributed by atoms with van der Waals surface area (Å²) in [4.78, 5) is 15.5. The smallest absolute Gasteiger partial charge is 0.225 e. The lowest BCUT2D eigenvalue weighted by Crippen LogP contribution is -2.41. The van der Waals surface area contributed by atoms with Crippen molar-refractivity contribution in [2.45, 2.75) is 39.2 Å². The highest BCUT2D eigenvalue weighted by atomic mass is 32.1. The first-order valence-electron chi connectivity index (χ1n) is 7.18. The molecule has 1 aliphatic rings. The van der Waals surface area contributed by atoms with Gasteiger partial charge in [0.05, 0.1) is 6.42 Å². The van der Waals surface area contributed by atoms with Crippen LogP contribution < -0.4 is 5.32 Å². The van der Waals surface area contributed by atoms with Gasteiger partial charge in [0.2, 0.25) is 5.91 Å². The molecule has 1 aromatic heterocycles. The summed E-state index contributed by atoms with van der Waals surface area (Å²) in [5, 5.41) is 5.10. The standard InChI is InChI=1S/C15H24N2OS/c1-12(2)17-7-5-13(6-8-17)11-16-15(18)10-14-4-3-9-19-14/h3-4,9,12-13H,5-8,10-11H2,1-2H3,(H,16,18). The van der Waals surface area contributed by atoms with Crippen LogP contribution in [0.2, 0.25) is 0 Å². The van der Waals surface area contributed by atoms with Crippen molar-refractivity contribution in [2.24, 2.45) is 5.92 Å².